The van der Waals surface area contributed by atoms with Gasteiger partial charge >= 0.3 is 0 Å². The Kier molecular flexibility index (Phi) is 6.71. The summed E-state index contributed by atoms with van der Waals surface area (Å²) in [6.07, 6.45) is 2.90. The number of ether oxygens (including phenoxy) is 1. The van der Waals surface area contributed by atoms with E-state index in [1.165, 1.54) is 23.2 Å². The highest BCUT2D eigenvalue weighted by molar-refractivity contribution is 6.42. The fourth-order valence-electron chi connectivity index (χ4n) is 2.97. The number of amides is 2. The molecule has 4 aromatic rings. The third-order valence-electron chi connectivity index (χ3n) is 4.58. The van der Waals surface area contributed by atoms with Crippen molar-refractivity contribution in [2.24, 2.45) is 7.05 Å². The van der Waals surface area contributed by atoms with Gasteiger partial charge in [0, 0.05) is 7.05 Å². The second-order valence-electron chi connectivity index (χ2n) is 6.85. The summed E-state index contributed by atoms with van der Waals surface area (Å²) in [4.78, 5) is 25.3. The van der Waals surface area contributed by atoms with Gasteiger partial charge in [0.2, 0.25) is 0 Å². The Balaban J connectivity index is 1.39. The number of hydrogen-bond acceptors (Lipinski definition) is 6. The number of halogens is 2. The summed E-state index contributed by atoms with van der Waals surface area (Å²) in [5, 5.41) is 10.1. The Hall–Kier alpha value is -3.69. The molecule has 0 fully saturated rings. The first-order chi connectivity index (χ1) is 15.9. The van der Waals surface area contributed by atoms with E-state index >= 15 is 0 Å². The quantitative estimate of drug-likeness (QED) is 0.372. The van der Waals surface area contributed by atoms with Crippen LogP contribution in [0, 0.1) is 0 Å². The number of aromatic nitrogens is 2. The third-order valence-corrected chi connectivity index (χ3v) is 5.38. The zero-order valence-corrected chi connectivity index (χ0v) is 18.8. The largest absolute Gasteiger partial charge is 0.484 e. The molecule has 0 spiro atoms. The lowest BCUT2D eigenvalue weighted by molar-refractivity contribution is 0.0939. The predicted molar refractivity (Wildman–Crippen MR) is 121 cm³/mol. The minimum absolute atomic E-state index is 0.0385. The molecule has 0 saturated carbocycles. The molecule has 9 nitrogen and oxygen atoms in total. The molecule has 0 atom stereocenters. The van der Waals surface area contributed by atoms with E-state index in [1.54, 1.807) is 43.4 Å². The van der Waals surface area contributed by atoms with Crippen molar-refractivity contribution in [3.8, 4) is 5.75 Å². The van der Waals surface area contributed by atoms with Crippen LogP contribution in [0.2, 0.25) is 10.0 Å². The smallest absolute Gasteiger partial charge is 0.291 e. The van der Waals surface area contributed by atoms with Gasteiger partial charge in [0.15, 0.2) is 5.76 Å². The van der Waals surface area contributed by atoms with Crippen LogP contribution < -0.4 is 15.4 Å². The zero-order chi connectivity index (χ0) is 23.4. The number of aryl methyl sites for hydroxylation is 1. The maximum Gasteiger partial charge on any atom is 0.291 e. The summed E-state index contributed by atoms with van der Waals surface area (Å²) in [6.45, 7) is 0.239. The van der Waals surface area contributed by atoms with Gasteiger partial charge in [-0.15, -0.1) is 0 Å². The van der Waals surface area contributed by atoms with Gasteiger partial charge < -0.3 is 24.2 Å². The van der Waals surface area contributed by atoms with Crippen molar-refractivity contribution in [2.75, 3.05) is 5.32 Å². The number of anilines is 1. The molecule has 0 unspecified atom stereocenters. The summed E-state index contributed by atoms with van der Waals surface area (Å²) in [7, 11) is 1.60. The standard InChI is InChI=1S/C22H18Cl2N4O5/c1-28-20(22(30)25-10-13-4-3-9-31-13)16(11-26-28)27-21(29)18-8-7-14(33-18)12-32-17-6-2-5-15(23)19(17)24/h2-9,11H,10,12H2,1H3,(H,25,30)(H,27,29). The van der Waals surface area contributed by atoms with Crippen LogP contribution in [-0.4, -0.2) is 21.6 Å². The lowest BCUT2D eigenvalue weighted by Gasteiger charge is -2.08. The minimum atomic E-state index is -0.546. The number of nitrogens with one attached hydrogen (secondary N) is 2. The second kappa shape index (κ2) is 9.85. The summed E-state index contributed by atoms with van der Waals surface area (Å²) in [6, 6.07) is 11.6. The fraction of sp³-hybridized carbons (Fsp3) is 0.136. The molecule has 3 aromatic heterocycles. The van der Waals surface area contributed by atoms with Crippen LogP contribution in [-0.2, 0) is 20.2 Å². The highest BCUT2D eigenvalue weighted by atomic mass is 35.5. The van der Waals surface area contributed by atoms with Crippen molar-refractivity contribution in [1.29, 1.82) is 0 Å². The van der Waals surface area contributed by atoms with E-state index in [-0.39, 0.29) is 35.3 Å². The van der Waals surface area contributed by atoms with Crippen molar-refractivity contribution >= 4 is 40.7 Å². The molecule has 4 rings (SSSR count). The Morgan fingerprint density at radius 3 is 2.73 bits per heavy atom. The van der Waals surface area contributed by atoms with Gasteiger partial charge in [-0.3, -0.25) is 14.3 Å². The fourth-order valence-corrected chi connectivity index (χ4v) is 3.31. The van der Waals surface area contributed by atoms with Crippen LogP contribution in [0.25, 0.3) is 0 Å². The normalized spacial score (nSPS) is 10.8. The number of rotatable bonds is 8. The first-order valence-electron chi connectivity index (χ1n) is 9.72. The summed E-state index contributed by atoms with van der Waals surface area (Å²) < 4.78 is 17.7. The molecule has 0 saturated heterocycles. The van der Waals surface area contributed by atoms with Crippen molar-refractivity contribution < 1.29 is 23.2 Å². The highest BCUT2D eigenvalue weighted by Gasteiger charge is 2.21. The van der Waals surface area contributed by atoms with Crippen LogP contribution in [0.5, 0.6) is 5.75 Å². The third kappa shape index (κ3) is 5.21. The average Bonchev–Trinajstić information content (AvgIpc) is 3.55. The summed E-state index contributed by atoms with van der Waals surface area (Å²) in [5.74, 6) is 0.465. The van der Waals surface area contributed by atoms with Gasteiger partial charge in [-0.05, 0) is 36.4 Å². The Labute approximate surface area is 198 Å². The molecule has 0 radical (unpaired) electrons. The van der Waals surface area contributed by atoms with Crippen LogP contribution in [0.1, 0.15) is 32.6 Å². The Morgan fingerprint density at radius 1 is 1.09 bits per heavy atom. The highest BCUT2D eigenvalue weighted by Crippen LogP contribution is 2.32. The molecule has 0 aliphatic heterocycles. The maximum atomic E-state index is 12.7. The van der Waals surface area contributed by atoms with Crippen LogP contribution >= 0.6 is 23.2 Å². The van der Waals surface area contributed by atoms with Crippen molar-refractivity contribution in [1.82, 2.24) is 15.1 Å². The topological polar surface area (TPSA) is 112 Å². The minimum Gasteiger partial charge on any atom is -0.484 e. The number of carbonyl (C=O) groups is 2. The molecule has 2 N–H and O–H groups in total. The van der Waals surface area contributed by atoms with Crippen LogP contribution in [0.15, 0.2) is 63.8 Å². The van der Waals surface area contributed by atoms with Crippen molar-refractivity contribution in [3.05, 3.63) is 87.9 Å². The lowest BCUT2D eigenvalue weighted by atomic mass is 10.3. The van der Waals surface area contributed by atoms with Gasteiger partial charge in [0.25, 0.3) is 11.8 Å². The second-order valence-corrected chi connectivity index (χ2v) is 7.64. The molecular weight excluding hydrogens is 471 g/mol. The van der Waals surface area contributed by atoms with E-state index in [0.717, 1.165) is 0 Å². The van der Waals surface area contributed by atoms with Gasteiger partial charge in [-0.25, -0.2) is 0 Å². The molecule has 11 heteroatoms. The van der Waals surface area contributed by atoms with Crippen molar-refractivity contribution in [3.63, 3.8) is 0 Å². The van der Waals surface area contributed by atoms with E-state index in [1.807, 2.05) is 0 Å². The number of benzene rings is 1. The van der Waals surface area contributed by atoms with Gasteiger partial charge in [0.05, 0.1) is 29.7 Å². The first kappa shape index (κ1) is 22.5. The van der Waals surface area contributed by atoms with Gasteiger partial charge in [-0.1, -0.05) is 29.3 Å². The molecule has 1 aromatic carbocycles. The van der Waals surface area contributed by atoms with Crippen LogP contribution in [0.4, 0.5) is 5.69 Å². The first-order valence-corrected chi connectivity index (χ1v) is 10.5. The molecule has 0 aliphatic carbocycles. The monoisotopic (exact) mass is 488 g/mol. The number of carbonyl (C=O) groups excluding carboxylic acids is 2. The molecule has 33 heavy (non-hydrogen) atoms. The van der Waals surface area contributed by atoms with Crippen molar-refractivity contribution in [2.45, 2.75) is 13.2 Å². The number of furan rings is 2. The SMILES string of the molecule is Cn1ncc(NC(=O)c2ccc(COc3cccc(Cl)c3Cl)o2)c1C(=O)NCc1ccco1. The van der Waals surface area contributed by atoms with E-state index in [9.17, 15) is 9.59 Å². The van der Waals surface area contributed by atoms with Crippen LogP contribution in [0.3, 0.4) is 0 Å². The average molecular weight is 489 g/mol. The number of hydrogen-bond donors (Lipinski definition) is 2. The zero-order valence-electron chi connectivity index (χ0n) is 17.3. The predicted octanol–water partition coefficient (Wildman–Crippen LogP) is 4.67. The molecule has 0 bridgehead atoms. The maximum absolute atomic E-state index is 12.7. The summed E-state index contributed by atoms with van der Waals surface area (Å²) >= 11 is 12.1. The summed E-state index contributed by atoms with van der Waals surface area (Å²) in [5.41, 5.74) is 0.417. The molecule has 0 aliphatic rings. The van der Waals surface area contributed by atoms with E-state index in [4.69, 9.17) is 36.8 Å². The Bertz CT molecular complexity index is 1280. The molecular formula is C22H18Cl2N4O5. The number of nitrogens with zero attached hydrogens (tertiary/aromatic N) is 2. The van der Waals surface area contributed by atoms with E-state index < -0.39 is 11.8 Å². The molecule has 2 amide bonds. The molecule has 170 valence electrons. The lowest BCUT2D eigenvalue weighted by Crippen LogP contribution is -2.26. The Morgan fingerprint density at radius 2 is 1.94 bits per heavy atom. The van der Waals surface area contributed by atoms with Gasteiger partial charge in [-0.2, -0.15) is 5.10 Å². The van der Waals surface area contributed by atoms with E-state index in [2.05, 4.69) is 15.7 Å². The molecule has 3 heterocycles. The van der Waals surface area contributed by atoms with E-state index in [0.29, 0.717) is 22.3 Å². The van der Waals surface area contributed by atoms with Gasteiger partial charge in [0.1, 0.15) is 34.6 Å².